The molecule has 0 spiro atoms. The van der Waals surface area contributed by atoms with Crippen molar-refractivity contribution in [2.45, 2.75) is 31.4 Å². The molecule has 10 heteroatoms. The molecule has 0 heterocycles. The van der Waals surface area contributed by atoms with E-state index in [1.54, 1.807) is 5.92 Å². The monoisotopic (exact) mass is 362 g/mol. The summed E-state index contributed by atoms with van der Waals surface area (Å²) < 4.78 is 49.7. The van der Waals surface area contributed by atoms with Gasteiger partial charge in [0.05, 0.1) is 0 Å². The summed E-state index contributed by atoms with van der Waals surface area (Å²) in [5.74, 6) is 1.31. The smallest absolute Gasteiger partial charge is 0.299 e. The molecule has 0 aliphatic rings. The summed E-state index contributed by atoms with van der Waals surface area (Å²) >= 11 is 0. The molecule has 6 nitrogen and oxygen atoms in total. The molecule has 0 bridgehead atoms. The lowest BCUT2D eigenvalue weighted by molar-refractivity contribution is -0.149. The second-order valence-electron chi connectivity index (χ2n) is 5.06. The maximum Gasteiger partial charge on any atom is 0.299 e. The van der Waals surface area contributed by atoms with Crippen molar-refractivity contribution in [3.63, 3.8) is 0 Å². The van der Waals surface area contributed by atoms with Gasteiger partial charge in [-0.3, -0.25) is 14.8 Å². The fourth-order valence-corrected chi connectivity index (χ4v) is 1.72. The quantitative estimate of drug-likeness (QED) is 0.271. The second-order valence-corrected chi connectivity index (χ2v) is 5.06. The molecule has 136 valence electrons. The largest absolute Gasteiger partial charge is 0.381 e. The van der Waals surface area contributed by atoms with Crippen LogP contribution in [0.15, 0.2) is 24.3 Å². The topological polar surface area (TPSA) is 98.7 Å². The van der Waals surface area contributed by atoms with Crippen molar-refractivity contribution in [2.75, 3.05) is 0 Å². The van der Waals surface area contributed by atoms with Crippen LogP contribution in [0.2, 0.25) is 0 Å². The van der Waals surface area contributed by atoms with Crippen LogP contribution in [-0.2, 0) is 4.79 Å². The summed E-state index contributed by atoms with van der Waals surface area (Å²) in [6.45, 7) is 0.612. The number of benzene rings is 1. The molecule has 0 aromatic heterocycles. The van der Waals surface area contributed by atoms with Gasteiger partial charge in [0.25, 0.3) is 24.7 Å². The standard InChI is InChI=1S/C15H14F4N2O4/c1-15(24,14(18)19)11(13(23)21-25)20-12(22)9-5-2-8(3-6-9)4-7-10(16)17/h2-3,5-6,10-11,14,24-25H,1H3,(H,20,22)(H,21,23)/t11-,15?/m1/s1. The summed E-state index contributed by atoms with van der Waals surface area (Å²) in [7, 11) is 0. The number of hydrogen-bond donors (Lipinski definition) is 4. The maximum absolute atomic E-state index is 12.9. The minimum absolute atomic E-state index is 0.108. The van der Waals surface area contributed by atoms with Crippen molar-refractivity contribution >= 4 is 11.8 Å². The van der Waals surface area contributed by atoms with E-state index >= 15 is 0 Å². The Kier molecular flexibility index (Phi) is 6.90. The first-order chi connectivity index (χ1) is 11.6. The molecule has 1 unspecified atom stereocenters. The lowest BCUT2D eigenvalue weighted by Gasteiger charge is -2.30. The van der Waals surface area contributed by atoms with Crippen LogP contribution in [0.25, 0.3) is 0 Å². The van der Waals surface area contributed by atoms with Gasteiger partial charge >= 0.3 is 0 Å². The maximum atomic E-state index is 12.9. The summed E-state index contributed by atoms with van der Waals surface area (Å²) in [5, 5.41) is 20.2. The lowest BCUT2D eigenvalue weighted by Crippen LogP contribution is -2.61. The van der Waals surface area contributed by atoms with Crippen molar-refractivity contribution in [3.8, 4) is 11.8 Å². The zero-order chi connectivity index (χ0) is 19.2. The molecule has 0 aliphatic heterocycles. The van der Waals surface area contributed by atoms with Gasteiger partial charge in [0.2, 0.25) is 0 Å². The van der Waals surface area contributed by atoms with Gasteiger partial charge in [-0.1, -0.05) is 5.92 Å². The van der Waals surface area contributed by atoms with Gasteiger partial charge in [0.15, 0.2) is 5.60 Å². The highest BCUT2D eigenvalue weighted by atomic mass is 19.3. The second kappa shape index (κ2) is 8.46. The third kappa shape index (κ3) is 5.44. The number of alkyl halides is 4. The number of aliphatic hydroxyl groups is 1. The molecule has 2 amide bonds. The van der Waals surface area contributed by atoms with Crippen molar-refractivity contribution < 1.29 is 37.5 Å². The molecule has 25 heavy (non-hydrogen) atoms. The van der Waals surface area contributed by atoms with Gasteiger partial charge in [-0.15, -0.1) is 0 Å². The van der Waals surface area contributed by atoms with Crippen molar-refractivity contribution in [3.05, 3.63) is 35.4 Å². The average molecular weight is 362 g/mol. The first-order valence-electron chi connectivity index (χ1n) is 6.74. The number of hydrogen-bond acceptors (Lipinski definition) is 4. The minimum atomic E-state index is -3.40. The van der Waals surface area contributed by atoms with E-state index in [0.29, 0.717) is 6.92 Å². The Morgan fingerprint density at radius 3 is 2.16 bits per heavy atom. The molecule has 1 aromatic carbocycles. The summed E-state index contributed by atoms with van der Waals surface area (Å²) in [6, 6.07) is 2.64. The third-order valence-corrected chi connectivity index (χ3v) is 3.15. The zero-order valence-electron chi connectivity index (χ0n) is 12.8. The summed E-state index contributed by atoms with van der Waals surface area (Å²) in [5.41, 5.74) is -1.80. The molecular formula is C15H14F4N2O4. The van der Waals surface area contributed by atoms with Gasteiger partial charge < -0.3 is 10.4 Å². The Bertz CT molecular complexity index is 681. The number of carbonyl (C=O) groups is 2. The molecule has 0 saturated heterocycles. The first-order valence-corrected chi connectivity index (χ1v) is 6.74. The molecular weight excluding hydrogens is 348 g/mol. The number of rotatable bonds is 5. The van der Waals surface area contributed by atoms with Crippen LogP contribution in [0.1, 0.15) is 22.8 Å². The Hall–Kier alpha value is -2.64. The number of halogens is 4. The predicted molar refractivity (Wildman–Crippen MR) is 77.1 cm³/mol. The van der Waals surface area contributed by atoms with E-state index in [1.165, 1.54) is 12.1 Å². The van der Waals surface area contributed by atoms with Crippen LogP contribution < -0.4 is 10.8 Å². The van der Waals surface area contributed by atoms with E-state index in [9.17, 15) is 32.3 Å². The average Bonchev–Trinajstić information content (AvgIpc) is 2.57. The predicted octanol–water partition coefficient (Wildman–Crippen LogP) is 0.923. The van der Waals surface area contributed by atoms with E-state index in [1.807, 2.05) is 5.32 Å². The van der Waals surface area contributed by atoms with Crippen LogP contribution in [0, 0.1) is 11.8 Å². The lowest BCUT2D eigenvalue weighted by atomic mass is 9.95. The SMILES string of the molecule is CC(O)(C(F)F)[C@H](NC(=O)c1ccc(C#CC(F)F)cc1)C(=O)NO. The van der Waals surface area contributed by atoms with Crippen molar-refractivity contribution in [1.29, 1.82) is 0 Å². The number of carbonyl (C=O) groups excluding carboxylic acids is 2. The van der Waals surface area contributed by atoms with Gasteiger partial charge in [0.1, 0.15) is 6.04 Å². The van der Waals surface area contributed by atoms with Gasteiger partial charge in [-0.25, -0.2) is 14.3 Å². The molecule has 2 atom stereocenters. The Morgan fingerprint density at radius 1 is 1.16 bits per heavy atom. The minimum Gasteiger partial charge on any atom is -0.381 e. The van der Waals surface area contributed by atoms with Crippen LogP contribution in [0.5, 0.6) is 0 Å². The third-order valence-electron chi connectivity index (χ3n) is 3.15. The van der Waals surface area contributed by atoms with Gasteiger partial charge in [-0.2, -0.15) is 8.78 Å². The van der Waals surface area contributed by atoms with E-state index in [4.69, 9.17) is 5.21 Å². The highest BCUT2D eigenvalue weighted by molar-refractivity contribution is 5.97. The molecule has 4 N–H and O–H groups in total. The molecule has 1 rings (SSSR count). The van der Waals surface area contributed by atoms with Crippen LogP contribution in [-0.4, -0.2) is 46.6 Å². The van der Waals surface area contributed by atoms with E-state index in [-0.39, 0.29) is 11.1 Å². The fraction of sp³-hybridized carbons (Fsp3) is 0.333. The number of nitrogens with one attached hydrogen (secondary N) is 2. The highest BCUT2D eigenvalue weighted by Gasteiger charge is 2.46. The normalized spacial score (nSPS) is 14.3. The van der Waals surface area contributed by atoms with Crippen molar-refractivity contribution in [2.24, 2.45) is 0 Å². The van der Waals surface area contributed by atoms with E-state index in [2.05, 4.69) is 5.92 Å². The Morgan fingerprint density at radius 2 is 1.72 bits per heavy atom. The molecule has 1 aromatic rings. The molecule has 0 fully saturated rings. The Labute approximate surface area is 139 Å². The molecule has 0 aliphatic carbocycles. The summed E-state index contributed by atoms with van der Waals surface area (Å²) in [4.78, 5) is 23.5. The molecule has 0 saturated carbocycles. The molecule has 0 radical (unpaired) electrons. The van der Waals surface area contributed by atoms with E-state index < -0.39 is 36.3 Å². The van der Waals surface area contributed by atoms with Gasteiger partial charge in [0, 0.05) is 11.1 Å². The van der Waals surface area contributed by atoms with Crippen LogP contribution in [0.4, 0.5) is 17.6 Å². The van der Waals surface area contributed by atoms with Crippen LogP contribution >= 0.6 is 0 Å². The zero-order valence-corrected chi connectivity index (χ0v) is 12.8. The number of hydroxylamine groups is 1. The highest BCUT2D eigenvalue weighted by Crippen LogP contribution is 2.20. The van der Waals surface area contributed by atoms with Crippen molar-refractivity contribution in [1.82, 2.24) is 10.8 Å². The summed E-state index contributed by atoms with van der Waals surface area (Å²) in [6.07, 6.45) is -6.22. The van der Waals surface area contributed by atoms with Crippen LogP contribution in [0.3, 0.4) is 0 Å². The van der Waals surface area contributed by atoms with E-state index in [0.717, 1.165) is 17.6 Å². The Balaban J connectivity index is 2.98. The van der Waals surface area contributed by atoms with Gasteiger partial charge in [-0.05, 0) is 37.1 Å². The number of amides is 2. The first kappa shape index (κ1) is 20.4. The fourth-order valence-electron chi connectivity index (χ4n) is 1.72.